The Morgan fingerprint density at radius 1 is 1.62 bits per heavy atom. The molecule has 16 heavy (non-hydrogen) atoms. The van der Waals surface area contributed by atoms with E-state index in [1.54, 1.807) is 30.0 Å². The van der Waals surface area contributed by atoms with Crippen LogP contribution in [0.3, 0.4) is 0 Å². The molecule has 1 atom stereocenters. The van der Waals surface area contributed by atoms with Crippen molar-refractivity contribution in [3.05, 3.63) is 28.5 Å². The molecule has 0 saturated carbocycles. The molecule has 0 aliphatic heterocycles. The van der Waals surface area contributed by atoms with Crippen LogP contribution >= 0.6 is 27.7 Å². The van der Waals surface area contributed by atoms with Crippen molar-refractivity contribution < 1.29 is 4.79 Å². The maximum Gasteiger partial charge on any atom is 0.269 e. The highest BCUT2D eigenvalue weighted by Crippen LogP contribution is 2.07. The van der Waals surface area contributed by atoms with E-state index in [2.05, 4.69) is 39.4 Å². The van der Waals surface area contributed by atoms with Crippen LogP contribution in [0.15, 0.2) is 22.8 Å². The van der Waals surface area contributed by atoms with Crippen LogP contribution in [0, 0.1) is 5.92 Å². The third-order valence-electron chi connectivity index (χ3n) is 2.01. The van der Waals surface area contributed by atoms with Crippen molar-refractivity contribution >= 4 is 33.6 Å². The monoisotopic (exact) mass is 302 g/mol. The Balaban J connectivity index is 2.47. The fourth-order valence-electron chi connectivity index (χ4n) is 1.24. The molecular weight excluding hydrogens is 288 g/mol. The molecular formula is C11H15BrN2OS. The molecule has 1 unspecified atom stereocenters. The molecule has 1 aromatic rings. The summed E-state index contributed by atoms with van der Waals surface area (Å²) in [5.41, 5.74) is 0.450. The number of pyridine rings is 1. The van der Waals surface area contributed by atoms with Crippen molar-refractivity contribution in [2.75, 3.05) is 18.6 Å². The van der Waals surface area contributed by atoms with Gasteiger partial charge in [-0.1, -0.05) is 13.0 Å². The highest BCUT2D eigenvalue weighted by molar-refractivity contribution is 9.10. The van der Waals surface area contributed by atoms with E-state index < -0.39 is 0 Å². The average molecular weight is 303 g/mol. The third kappa shape index (κ3) is 4.53. The van der Waals surface area contributed by atoms with Gasteiger partial charge in [-0.3, -0.25) is 4.79 Å². The Hall–Kier alpha value is -0.550. The van der Waals surface area contributed by atoms with Gasteiger partial charge in [0.05, 0.1) is 0 Å². The number of thioether (sulfide) groups is 1. The van der Waals surface area contributed by atoms with Crippen LogP contribution in [0.4, 0.5) is 0 Å². The predicted octanol–water partition coefficient (Wildman–Crippen LogP) is 2.57. The highest BCUT2D eigenvalue weighted by Gasteiger charge is 2.08. The van der Waals surface area contributed by atoms with Gasteiger partial charge in [-0.2, -0.15) is 11.8 Å². The molecule has 1 rings (SSSR count). The molecule has 0 saturated heterocycles. The van der Waals surface area contributed by atoms with Gasteiger partial charge in [0.1, 0.15) is 10.3 Å². The van der Waals surface area contributed by atoms with Crippen LogP contribution in [-0.4, -0.2) is 29.4 Å². The number of carbonyl (C=O) groups excluding carboxylic acids is 1. The molecule has 1 heterocycles. The van der Waals surface area contributed by atoms with Crippen molar-refractivity contribution in [2.24, 2.45) is 5.92 Å². The Kier molecular flexibility index (Phi) is 5.84. The Morgan fingerprint density at radius 2 is 2.38 bits per heavy atom. The van der Waals surface area contributed by atoms with Crippen LogP contribution in [0.5, 0.6) is 0 Å². The minimum atomic E-state index is -0.116. The van der Waals surface area contributed by atoms with Crippen molar-refractivity contribution in [2.45, 2.75) is 6.92 Å². The lowest BCUT2D eigenvalue weighted by Gasteiger charge is -2.10. The highest BCUT2D eigenvalue weighted by atomic mass is 79.9. The summed E-state index contributed by atoms with van der Waals surface area (Å²) in [4.78, 5) is 15.8. The number of nitrogens with zero attached hydrogens (tertiary/aromatic N) is 1. The van der Waals surface area contributed by atoms with Gasteiger partial charge in [0, 0.05) is 6.54 Å². The summed E-state index contributed by atoms with van der Waals surface area (Å²) in [7, 11) is 0. The van der Waals surface area contributed by atoms with Gasteiger partial charge in [0.2, 0.25) is 0 Å². The number of rotatable bonds is 5. The molecule has 5 heteroatoms. The Morgan fingerprint density at radius 3 is 3.00 bits per heavy atom. The molecule has 1 amide bonds. The smallest absolute Gasteiger partial charge is 0.269 e. The topological polar surface area (TPSA) is 42.0 Å². The molecule has 3 nitrogen and oxygen atoms in total. The maximum atomic E-state index is 11.7. The molecule has 1 N–H and O–H groups in total. The molecule has 0 fully saturated rings. The van der Waals surface area contributed by atoms with Gasteiger partial charge < -0.3 is 5.32 Å². The first-order valence-corrected chi connectivity index (χ1v) is 7.22. The van der Waals surface area contributed by atoms with E-state index >= 15 is 0 Å². The maximum absolute atomic E-state index is 11.7. The lowest BCUT2D eigenvalue weighted by Crippen LogP contribution is -2.29. The zero-order valence-corrected chi connectivity index (χ0v) is 11.8. The predicted molar refractivity (Wildman–Crippen MR) is 71.8 cm³/mol. The first-order chi connectivity index (χ1) is 7.63. The summed E-state index contributed by atoms with van der Waals surface area (Å²) in [6, 6.07) is 5.31. The number of nitrogens with one attached hydrogen (secondary N) is 1. The molecule has 0 aromatic carbocycles. The summed E-state index contributed by atoms with van der Waals surface area (Å²) in [5.74, 6) is 1.41. The lowest BCUT2D eigenvalue weighted by molar-refractivity contribution is 0.0944. The molecule has 0 aliphatic carbocycles. The number of carbonyl (C=O) groups is 1. The Labute approximate surface area is 109 Å². The first-order valence-electron chi connectivity index (χ1n) is 5.03. The zero-order chi connectivity index (χ0) is 12.0. The summed E-state index contributed by atoms with van der Waals surface area (Å²) in [6.07, 6.45) is 2.06. The van der Waals surface area contributed by atoms with Crippen LogP contribution in [0.25, 0.3) is 0 Å². The average Bonchev–Trinajstić information content (AvgIpc) is 2.26. The summed E-state index contributed by atoms with van der Waals surface area (Å²) < 4.78 is 0.678. The van der Waals surface area contributed by atoms with E-state index in [9.17, 15) is 4.79 Å². The van der Waals surface area contributed by atoms with Crippen LogP contribution < -0.4 is 5.32 Å². The summed E-state index contributed by atoms with van der Waals surface area (Å²) in [6.45, 7) is 2.80. The number of aromatic nitrogens is 1. The molecule has 0 aliphatic rings. The van der Waals surface area contributed by atoms with E-state index in [-0.39, 0.29) is 5.91 Å². The van der Waals surface area contributed by atoms with Crippen LogP contribution in [0.2, 0.25) is 0 Å². The quantitative estimate of drug-likeness (QED) is 0.850. The van der Waals surface area contributed by atoms with Crippen molar-refractivity contribution in [3.8, 4) is 0 Å². The summed E-state index contributed by atoms with van der Waals surface area (Å²) >= 11 is 5.03. The molecule has 0 spiro atoms. The zero-order valence-electron chi connectivity index (χ0n) is 9.37. The molecule has 0 bridgehead atoms. The third-order valence-corrected chi connectivity index (χ3v) is 3.35. The van der Waals surface area contributed by atoms with Gasteiger partial charge in [-0.15, -0.1) is 0 Å². The fraction of sp³-hybridized carbons (Fsp3) is 0.455. The second-order valence-electron chi connectivity index (χ2n) is 3.62. The SMILES string of the molecule is CSCC(C)CNC(=O)c1cccc(Br)n1. The second-order valence-corrected chi connectivity index (χ2v) is 5.34. The van der Waals surface area contributed by atoms with Crippen molar-refractivity contribution in [3.63, 3.8) is 0 Å². The van der Waals surface area contributed by atoms with E-state index in [4.69, 9.17) is 0 Å². The van der Waals surface area contributed by atoms with Gasteiger partial charge in [-0.25, -0.2) is 4.98 Å². The van der Waals surface area contributed by atoms with Gasteiger partial charge in [-0.05, 0) is 46.0 Å². The number of amides is 1. The van der Waals surface area contributed by atoms with E-state index in [1.165, 1.54) is 0 Å². The molecule has 0 radical (unpaired) electrons. The van der Waals surface area contributed by atoms with Gasteiger partial charge in [0.25, 0.3) is 5.91 Å². The first kappa shape index (κ1) is 13.5. The normalized spacial score (nSPS) is 12.2. The van der Waals surface area contributed by atoms with E-state index in [0.717, 1.165) is 5.75 Å². The summed E-state index contributed by atoms with van der Waals surface area (Å²) in [5, 5.41) is 2.88. The molecule has 1 aromatic heterocycles. The van der Waals surface area contributed by atoms with E-state index in [0.29, 0.717) is 22.8 Å². The lowest BCUT2D eigenvalue weighted by atomic mass is 10.2. The minimum absolute atomic E-state index is 0.116. The van der Waals surface area contributed by atoms with Crippen molar-refractivity contribution in [1.82, 2.24) is 10.3 Å². The second kappa shape index (κ2) is 6.91. The number of hydrogen-bond donors (Lipinski definition) is 1. The Bertz CT molecular complexity index is 360. The standard InChI is InChI=1S/C11H15BrN2OS/c1-8(7-16-2)6-13-11(15)9-4-3-5-10(12)14-9/h3-5,8H,6-7H2,1-2H3,(H,13,15). The van der Waals surface area contributed by atoms with Crippen LogP contribution in [-0.2, 0) is 0 Å². The van der Waals surface area contributed by atoms with Crippen LogP contribution in [0.1, 0.15) is 17.4 Å². The van der Waals surface area contributed by atoms with E-state index in [1.807, 2.05) is 0 Å². The fourth-order valence-corrected chi connectivity index (χ4v) is 2.27. The van der Waals surface area contributed by atoms with Gasteiger partial charge >= 0.3 is 0 Å². The van der Waals surface area contributed by atoms with Gasteiger partial charge in [0.15, 0.2) is 0 Å². The minimum Gasteiger partial charge on any atom is -0.350 e. The van der Waals surface area contributed by atoms with Crippen molar-refractivity contribution in [1.29, 1.82) is 0 Å². The molecule has 88 valence electrons. The number of hydrogen-bond acceptors (Lipinski definition) is 3. The number of halogens is 1. The largest absolute Gasteiger partial charge is 0.350 e.